The van der Waals surface area contributed by atoms with Gasteiger partial charge in [-0.1, -0.05) is 37.4 Å². The van der Waals surface area contributed by atoms with Crippen LogP contribution >= 0.6 is 34.2 Å². The van der Waals surface area contributed by atoms with Gasteiger partial charge in [-0.25, -0.2) is 48.2 Å². The molecule has 2 N–H and O–H groups in total. The number of fused-ring (bicyclic) bond motifs is 2. The third kappa shape index (κ3) is 9.43. The van der Waals surface area contributed by atoms with Gasteiger partial charge in [0.1, 0.15) is 46.6 Å². The lowest BCUT2D eigenvalue weighted by Crippen LogP contribution is -2.35. The number of halogens is 10. The van der Waals surface area contributed by atoms with Crippen molar-refractivity contribution in [3.05, 3.63) is 90.5 Å². The molecular formula is C45H43ClF8IN7O5S2. The molecule has 0 spiro atoms. The number of alkyl halides is 6. The van der Waals surface area contributed by atoms with Gasteiger partial charge in [0, 0.05) is 32.2 Å². The van der Waals surface area contributed by atoms with Crippen molar-refractivity contribution in [3.8, 4) is 23.0 Å². The summed E-state index contributed by atoms with van der Waals surface area (Å²) in [6.07, 6.45) is -5.35. The molecule has 3 aromatic heterocycles. The first-order valence-electron chi connectivity index (χ1n) is 21.5. The quantitative estimate of drug-likeness (QED) is 0.0596. The van der Waals surface area contributed by atoms with Gasteiger partial charge in [0.25, 0.3) is 18.8 Å². The summed E-state index contributed by atoms with van der Waals surface area (Å²) in [6.45, 7) is 4.70. The number of anilines is 1. The second-order valence-corrected chi connectivity index (χ2v) is 25.0. The maximum absolute atomic E-state index is 15.8. The Hall–Kier alpha value is -4.54. The summed E-state index contributed by atoms with van der Waals surface area (Å²) in [5, 5.41) is 9.80. The van der Waals surface area contributed by atoms with Crippen LogP contribution < -0.4 is 10.0 Å². The maximum Gasteiger partial charge on any atom is 0.292 e. The van der Waals surface area contributed by atoms with E-state index in [0.29, 0.717) is 36.4 Å². The number of sulfone groups is 1. The molecule has 5 aromatic rings. The molecule has 24 heteroatoms. The molecule has 0 unspecified atom stereocenters. The Bertz CT molecular complexity index is 3200. The minimum absolute atomic E-state index is 0.00628. The first kappa shape index (κ1) is 50.8. The van der Waals surface area contributed by atoms with E-state index in [1.54, 1.807) is 0 Å². The van der Waals surface area contributed by atoms with Crippen LogP contribution in [-0.4, -0.2) is 68.5 Å². The van der Waals surface area contributed by atoms with Gasteiger partial charge in [-0.05, 0) is 117 Å². The van der Waals surface area contributed by atoms with Gasteiger partial charge in [-0.3, -0.25) is 18.9 Å². The van der Waals surface area contributed by atoms with Crippen molar-refractivity contribution in [2.24, 2.45) is 5.92 Å². The number of nitrogens with one attached hydrogen (secondary N) is 2. The Morgan fingerprint density at radius 2 is 1.62 bits per heavy atom. The first-order valence-corrected chi connectivity index (χ1v) is 26.0. The van der Waals surface area contributed by atoms with Crippen molar-refractivity contribution in [2.45, 2.75) is 125 Å². The van der Waals surface area contributed by atoms with E-state index in [1.807, 2.05) is 22.6 Å². The average molecular weight is 1140 g/mol. The molecule has 370 valence electrons. The van der Waals surface area contributed by atoms with Crippen LogP contribution in [0.25, 0.3) is 22.0 Å². The van der Waals surface area contributed by atoms with Crippen molar-refractivity contribution in [1.29, 1.82) is 0 Å². The van der Waals surface area contributed by atoms with Crippen molar-refractivity contribution in [2.75, 3.05) is 4.72 Å². The number of amides is 1. The van der Waals surface area contributed by atoms with Crippen LogP contribution in [-0.2, 0) is 50.1 Å². The summed E-state index contributed by atoms with van der Waals surface area (Å²) < 4.78 is 174. The predicted octanol–water partition coefficient (Wildman–Crippen LogP) is 9.98. The van der Waals surface area contributed by atoms with E-state index in [9.17, 15) is 48.0 Å². The average Bonchev–Trinajstić information content (AvgIpc) is 4.16. The van der Waals surface area contributed by atoms with E-state index < -0.39 is 125 Å². The van der Waals surface area contributed by atoms with E-state index in [4.69, 9.17) is 16.6 Å². The smallest absolute Gasteiger partial charge is 0.292 e. The minimum Gasteiger partial charge on any atom is -0.346 e. The van der Waals surface area contributed by atoms with Crippen LogP contribution in [0.15, 0.2) is 36.4 Å². The van der Waals surface area contributed by atoms with Crippen molar-refractivity contribution in [1.82, 2.24) is 29.9 Å². The van der Waals surface area contributed by atoms with Gasteiger partial charge in [-0.15, -0.1) is 0 Å². The number of hydrogen-bond donors (Lipinski definition) is 2. The van der Waals surface area contributed by atoms with Crippen molar-refractivity contribution in [3.63, 3.8) is 0 Å². The highest BCUT2D eigenvalue weighted by Crippen LogP contribution is 2.55. The van der Waals surface area contributed by atoms with Gasteiger partial charge in [-0.2, -0.15) is 19.0 Å². The molecule has 0 saturated heterocycles. The SMILES string of the molecule is C[C@@H]1c2c(C(F)F)nn(CC(=O)N[C@@H](Cc3cc(F)cc(F)c3)c3nc(C#CC(C)(C)S(=O)(=O)C4CC4)c(I)cc3-c3ccc(Cl)c4c(NS(=O)(=O)C5(C)CC5)nn(CC(F)F)c34)c2C(F)(F)[C@@H]1C. The fourth-order valence-electron chi connectivity index (χ4n) is 8.58. The van der Waals surface area contributed by atoms with E-state index in [-0.39, 0.29) is 53.4 Å². The Labute approximate surface area is 410 Å². The summed E-state index contributed by atoms with van der Waals surface area (Å²) in [5.74, 6) is -4.17. The lowest BCUT2D eigenvalue weighted by molar-refractivity contribution is -0.123. The highest BCUT2D eigenvalue weighted by molar-refractivity contribution is 14.1. The molecule has 3 aliphatic rings. The second-order valence-electron chi connectivity index (χ2n) is 18.5. The van der Waals surface area contributed by atoms with Crippen LogP contribution in [0, 0.1) is 33.0 Å². The van der Waals surface area contributed by atoms with Crippen LogP contribution in [0.4, 0.5) is 40.9 Å². The Balaban J connectivity index is 1.35. The van der Waals surface area contributed by atoms with E-state index >= 15 is 8.78 Å². The van der Waals surface area contributed by atoms with Gasteiger partial charge < -0.3 is 5.32 Å². The third-order valence-electron chi connectivity index (χ3n) is 13.1. The zero-order chi connectivity index (χ0) is 50.5. The highest BCUT2D eigenvalue weighted by atomic mass is 127. The largest absolute Gasteiger partial charge is 0.346 e. The molecule has 3 aliphatic carbocycles. The molecule has 12 nitrogen and oxygen atoms in total. The minimum atomic E-state index is -4.15. The monoisotopic (exact) mass is 1140 g/mol. The van der Waals surface area contributed by atoms with Crippen LogP contribution in [0.3, 0.4) is 0 Å². The molecule has 0 radical (unpaired) electrons. The summed E-state index contributed by atoms with van der Waals surface area (Å²) in [6, 6.07) is 5.07. The van der Waals surface area contributed by atoms with Crippen molar-refractivity contribution < 1.29 is 56.8 Å². The molecule has 8 rings (SSSR count). The summed E-state index contributed by atoms with van der Waals surface area (Å²) in [5.41, 5.74) is -2.71. The summed E-state index contributed by atoms with van der Waals surface area (Å²) in [7, 11) is -7.93. The molecule has 2 aromatic carbocycles. The van der Waals surface area contributed by atoms with Gasteiger partial charge in [0.15, 0.2) is 15.7 Å². The third-order valence-corrected chi connectivity index (χ3v) is 19.3. The number of carbonyl (C=O) groups is 1. The molecule has 0 aliphatic heterocycles. The molecule has 3 atom stereocenters. The van der Waals surface area contributed by atoms with Crippen LogP contribution in [0.1, 0.15) is 113 Å². The number of benzene rings is 2. The lowest BCUT2D eigenvalue weighted by atomic mass is 9.93. The van der Waals surface area contributed by atoms with Crippen molar-refractivity contribution >= 4 is 76.7 Å². The number of hydrogen-bond acceptors (Lipinski definition) is 8. The Morgan fingerprint density at radius 3 is 2.22 bits per heavy atom. The van der Waals surface area contributed by atoms with Crippen LogP contribution in [0.5, 0.6) is 0 Å². The standard InChI is InChI=1S/C45H43ClF8IN7O5S2/c1-21-22(2)45(53,54)40-35(21)38(41(51)52)58-62(40)20-34(63)56-32(16-23-14-24(47)17-25(48)15-23)37-28(18-30(55)31(57-37)10-11-43(3,4)68(64,65)26-6-7-26)27-8-9-29(46)36-39(27)61(19-33(49)50)59-42(36)60-69(66,67)44(5)12-13-44/h8-9,14-15,17-18,21-22,26,32-33,41H,6-7,12-13,16,19-20H2,1-5H3,(H,56,63)(H,59,60)/t21-,22+,32-/m0/s1. The van der Waals surface area contributed by atoms with Gasteiger partial charge in [0.05, 0.1) is 37.7 Å². The molecule has 0 bridgehead atoms. The number of carbonyl (C=O) groups excluding carboxylic acids is 1. The first-order chi connectivity index (χ1) is 32.1. The van der Waals surface area contributed by atoms with Crippen LogP contribution in [0.2, 0.25) is 5.02 Å². The molecule has 3 heterocycles. The molecule has 69 heavy (non-hydrogen) atoms. The number of nitrogens with zero attached hydrogens (tertiary/aromatic N) is 5. The molecular weight excluding hydrogens is 1100 g/mol. The van der Waals surface area contributed by atoms with Gasteiger partial charge >= 0.3 is 0 Å². The zero-order valence-corrected chi connectivity index (χ0v) is 41.8. The Morgan fingerprint density at radius 1 is 0.971 bits per heavy atom. The number of sulfonamides is 1. The topological polar surface area (TPSA) is 158 Å². The highest BCUT2D eigenvalue weighted by Gasteiger charge is 2.55. The molecule has 1 amide bonds. The zero-order valence-electron chi connectivity index (χ0n) is 37.3. The van der Waals surface area contributed by atoms with E-state index in [0.717, 1.165) is 16.8 Å². The van der Waals surface area contributed by atoms with E-state index in [2.05, 4.69) is 32.1 Å². The predicted molar refractivity (Wildman–Crippen MR) is 249 cm³/mol. The van der Waals surface area contributed by atoms with Gasteiger partial charge in [0.2, 0.25) is 15.9 Å². The fourth-order valence-corrected chi connectivity index (χ4v) is 12.5. The summed E-state index contributed by atoms with van der Waals surface area (Å²) >= 11 is 8.57. The fraction of sp³-hybridized carbons (Fsp3) is 0.467. The normalized spacial score (nSPS) is 19.1. The van der Waals surface area contributed by atoms with E-state index in [1.165, 1.54) is 52.8 Å². The maximum atomic E-state index is 15.8. The molecule has 2 fully saturated rings. The number of aromatic nitrogens is 5. The number of pyridine rings is 1. The summed E-state index contributed by atoms with van der Waals surface area (Å²) in [4.78, 5) is 19.1. The second kappa shape index (κ2) is 17.9. The lowest BCUT2D eigenvalue weighted by Gasteiger charge is -2.24. The molecule has 2 saturated carbocycles. The Kier molecular flexibility index (Phi) is 13.2. The number of rotatable bonds is 15.